The van der Waals surface area contributed by atoms with Gasteiger partial charge in [0.25, 0.3) is 0 Å². The second kappa shape index (κ2) is 8.53. The van der Waals surface area contributed by atoms with E-state index < -0.39 is 0 Å². The van der Waals surface area contributed by atoms with E-state index in [2.05, 4.69) is 18.0 Å². The van der Waals surface area contributed by atoms with E-state index in [0.29, 0.717) is 5.75 Å². The number of benzene rings is 1. The van der Waals surface area contributed by atoms with Crippen molar-refractivity contribution in [2.24, 2.45) is 4.99 Å². The van der Waals surface area contributed by atoms with Crippen LogP contribution in [0.2, 0.25) is 0 Å². The monoisotopic (exact) mass is 314 g/mol. The van der Waals surface area contributed by atoms with Gasteiger partial charge in [-0.3, -0.25) is 4.99 Å². The molecule has 0 aliphatic heterocycles. The summed E-state index contributed by atoms with van der Waals surface area (Å²) in [7, 11) is 1.75. The highest BCUT2D eigenvalue weighted by molar-refractivity contribution is 5.95. The molecule has 0 bridgehead atoms. The van der Waals surface area contributed by atoms with Crippen LogP contribution in [0.4, 0.5) is 0 Å². The van der Waals surface area contributed by atoms with Crippen molar-refractivity contribution in [3.8, 4) is 5.75 Å². The SMILES string of the molecule is C/C=C\C(CC(CC)OC)=NCCc1c[nH]c2ccc(O)cc12. The summed E-state index contributed by atoms with van der Waals surface area (Å²) in [5.74, 6) is 0.294. The van der Waals surface area contributed by atoms with Crippen molar-refractivity contribution in [2.75, 3.05) is 13.7 Å². The number of aromatic amines is 1. The van der Waals surface area contributed by atoms with Gasteiger partial charge >= 0.3 is 0 Å². The molecule has 0 saturated heterocycles. The molecule has 0 spiro atoms. The number of hydrogen-bond acceptors (Lipinski definition) is 3. The Hall–Kier alpha value is -2.07. The van der Waals surface area contributed by atoms with E-state index in [1.54, 1.807) is 19.2 Å². The zero-order chi connectivity index (χ0) is 16.7. The Morgan fingerprint density at radius 2 is 2.26 bits per heavy atom. The minimum atomic E-state index is 0.218. The van der Waals surface area contributed by atoms with E-state index in [4.69, 9.17) is 9.73 Å². The summed E-state index contributed by atoms with van der Waals surface area (Å²) in [6.07, 6.45) is 8.96. The number of aromatic nitrogens is 1. The first-order valence-corrected chi connectivity index (χ1v) is 8.15. The van der Waals surface area contributed by atoms with Crippen molar-refractivity contribution in [2.45, 2.75) is 39.2 Å². The van der Waals surface area contributed by atoms with Crippen molar-refractivity contribution >= 4 is 16.6 Å². The number of phenols is 1. The molecule has 0 radical (unpaired) electrons. The second-order valence-electron chi connectivity index (χ2n) is 5.64. The summed E-state index contributed by atoms with van der Waals surface area (Å²) in [6, 6.07) is 5.39. The predicted octanol–water partition coefficient (Wildman–Crippen LogP) is 4.25. The number of H-pyrrole nitrogens is 1. The predicted molar refractivity (Wildman–Crippen MR) is 96.5 cm³/mol. The van der Waals surface area contributed by atoms with Gasteiger partial charge in [0.15, 0.2) is 0 Å². The van der Waals surface area contributed by atoms with Crippen LogP contribution in [-0.4, -0.2) is 35.6 Å². The number of fused-ring (bicyclic) bond motifs is 1. The number of aliphatic imine (C=N–C) groups is 1. The maximum absolute atomic E-state index is 9.65. The number of phenolic OH excluding ortho intramolecular Hbond substituents is 1. The fourth-order valence-corrected chi connectivity index (χ4v) is 2.70. The Balaban J connectivity index is 2.06. The highest BCUT2D eigenvalue weighted by Gasteiger charge is 2.08. The van der Waals surface area contributed by atoms with Gasteiger partial charge in [-0.25, -0.2) is 0 Å². The lowest BCUT2D eigenvalue weighted by Gasteiger charge is -2.12. The third kappa shape index (κ3) is 4.70. The van der Waals surface area contributed by atoms with Crippen molar-refractivity contribution in [1.29, 1.82) is 0 Å². The molecule has 2 N–H and O–H groups in total. The lowest BCUT2D eigenvalue weighted by Crippen LogP contribution is -2.14. The molecule has 1 aromatic heterocycles. The number of hydrogen-bond donors (Lipinski definition) is 2. The molecule has 1 heterocycles. The molecule has 0 saturated carbocycles. The molecule has 2 rings (SSSR count). The normalized spacial score (nSPS) is 14.0. The van der Waals surface area contributed by atoms with E-state index in [1.165, 1.54) is 5.56 Å². The van der Waals surface area contributed by atoms with Gasteiger partial charge < -0.3 is 14.8 Å². The number of nitrogens with zero attached hydrogens (tertiary/aromatic N) is 1. The summed E-state index contributed by atoms with van der Waals surface area (Å²) >= 11 is 0. The van der Waals surface area contributed by atoms with Crippen molar-refractivity contribution < 1.29 is 9.84 Å². The number of aromatic hydroxyl groups is 1. The Bertz CT molecular complexity index is 682. The highest BCUT2D eigenvalue weighted by atomic mass is 16.5. The first-order chi connectivity index (χ1) is 11.2. The molecular formula is C19H26N2O2. The summed E-state index contributed by atoms with van der Waals surface area (Å²) in [6.45, 7) is 4.86. The van der Waals surface area contributed by atoms with Crippen molar-refractivity contribution in [3.05, 3.63) is 42.1 Å². The van der Waals surface area contributed by atoms with Crippen LogP contribution in [0.25, 0.3) is 10.9 Å². The van der Waals surface area contributed by atoms with Gasteiger partial charge in [-0.1, -0.05) is 13.0 Å². The van der Waals surface area contributed by atoms with Crippen LogP contribution >= 0.6 is 0 Å². The second-order valence-corrected chi connectivity index (χ2v) is 5.64. The van der Waals surface area contributed by atoms with Crippen LogP contribution in [0, 0.1) is 0 Å². The Labute approximate surface area is 137 Å². The molecule has 4 nitrogen and oxygen atoms in total. The van der Waals surface area contributed by atoms with Crippen molar-refractivity contribution in [3.63, 3.8) is 0 Å². The van der Waals surface area contributed by atoms with E-state index in [1.807, 2.05) is 25.3 Å². The standard InChI is InChI=1S/C19H26N2O2/c1-4-6-15(11-17(5-2)23-3)20-10-9-14-13-21-19-8-7-16(22)12-18(14)19/h4,6-8,12-13,17,21-22H,5,9-11H2,1-3H3/b6-4-,20-15?. The smallest absolute Gasteiger partial charge is 0.116 e. The van der Waals surface area contributed by atoms with Gasteiger partial charge in [-0.2, -0.15) is 0 Å². The average molecular weight is 314 g/mol. The lowest BCUT2D eigenvalue weighted by atomic mass is 10.1. The molecule has 0 amide bonds. The van der Waals surface area contributed by atoms with Crippen LogP contribution in [0.15, 0.2) is 41.5 Å². The molecule has 2 aromatic rings. The summed E-state index contributed by atoms with van der Waals surface area (Å²) in [5, 5.41) is 10.7. The molecule has 0 aliphatic carbocycles. The van der Waals surface area contributed by atoms with Gasteiger partial charge in [0.1, 0.15) is 5.75 Å². The topological polar surface area (TPSA) is 57.6 Å². The van der Waals surface area contributed by atoms with Crippen molar-refractivity contribution in [1.82, 2.24) is 4.98 Å². The number of rotatable bonds is 8. The first kappa shape index (κ1) is 17.3. The van der Waals surface area contributed by atoms with Gasteiger partial charge in [0.2, 0.25) is 0 Å². The maximum atomic E-state index is 9.65. The zero-order valence-corrected chi connectivity index (χ0v) is 14.2. The highest BCUT2D eigenvalue weighted by Crippen LogP contribution is 2.23. The fraction of sp³-hybridized carbons (Fsp3) is 0.421. The Morgan fingerprint density at radius 3 is 2.96 bits per heavy atom. The van der Waals surface area contributed by atoms with E-state index >= 15 is 0 Å². The van der Waals surface area contributed by atoms with E-state index in [0.717, 1.165) is 42.4 Å². The Kier molecular flexibility index (Phi) is 6.41. The molecule has 0 fully saturated rings. The third-order valence-corrected chi connectivity index (χ3v) is 4.03. The fourth-order valence-electron chi connectivity index (χ4n) is 2.70. The first-order valence-electron chi connectivity index (χ1n) is 8.15. The van der Waals surface area contributed by atoms with E-state index in [-0.39, 0.29) is 6.10 Å². The number of nitrogens with one attached hydrogen (secondary N) is 1. The van der Waals surface area contributed by atoms with Crippen LogP contribution in [0.3, 0.4) is 0 Å². The molecular weight excluding hydrogens is 288 g/mol. The molecule has 124 valence electrons. The molecule has 1 atom stereocenters. The minimum absolute atomic E-state index is 0.218. The molecule has 1 aromatic carbocycles. The number of allylic oxidation sites excluding steroid dienone is 2. The minimum Gasteiger partial charge on any atom is -0.508 e. The molecule has 23 heavy (non-hydrogen) atoms. The largest absolute Gasteiger partial charge is 0.508 e. The van der Waals surface area contributed by atoms with Crippen LogP contribution in [-0.2, 0) is 11.2 Å². The molecule has 0 aliphatic rings. The summed E-state index contributed by atoms with van der Waals surface area (Å²) < 4.78 is 5.45. The number of ether oxygens (including phenoxy) is 1. The van der Waals surface area contributed by atoms with Gasteiger partial charge in [0.05, 0.1) is 6.10 Å². The van der Waals surface area contributed by atoms with E-state index in [9.17, 15) is 5.11 Å². The molecule has 1 unspecified atom stereocenters. The summed E-state index contributed by atoms with van der Waals surface area (Å²) in [4.78, 5) is 7.96. The average Bonchev–Trinajstić information content (AvgIpc) is 2.94. The van der Waals surface area contributed by atoms with Crippen LogP contribution < -0.4 is 0 Å². The van der Waals surface area contributed by atoms with Gasteiger partial charge in [-0.15, -0.1) is 0 Å². The van der Waals surface area contributed by atoms with Gasteiger partial charge in [-0.05, 0) is 49.6 Å². The molecule has 4 heteroatoms. The number of methoxy groups -OCH3 is 1. The zero-order valence-electron chi connectivity index (χ0n) is 14.2. The van der Waals surface area contributed by atoms with Gasteiger partial charge in [0, 0.05) is 42.9 Å². The Morgan fingerprint density at radius 1 is 1.43 bits per heavy atom. The maximum Gasteiger partial charge on any atom is 0.116 e. The third-order valence-electron chi connectivity index (χ3n) is 4.03. The van der Waals surface area contributed by atoms with Crippen LogP contribution in [0.1, 0.15) is 32.3 Å². The lowest BCUT2D eigenvalue weighted by molar-refractivity contribution is 0.106. The quantitative estimate of drug-likeness (QED) is 0.716. The van der Waals surface area contributed by atoms with Crippen LogP contribution in [0.5, 0.6) is 5.75 Å². The summed E-state index contributed by atoms with van der Waals surface area (Å²) in [5.41, 5.74) is 3.29.